The second-order valence-electron chi connectivity index (χ2n) is 7.19. The smallest absolute Gasteiger partial charge is 0.338 e. The fourth-order valence-corrected chi connectivity index (χ4v) is 4.02. The van der Waals surface area contributed by atoms with Crippen molar-refractivity contribution in [2.24, 2.45) is 11.8 Å². The van der Waals surface area contributed by atoms with Crippen molar-refractivity contribution in [2.75, 3.05) is 11.5 Å². The molecule has 0 N–H and O–H groups in total. The number of esters is 1. The zero-order valence-corrected chi connectivity index (χ0v) is 16.7. The molecule has 1 aliphatic heterocycles. The maximum absolute atomic E-state index is 12.6. The number of ether oxygens (including phenoxy) is 1. The molecule has 2 atom stereocenters. The number of carbonyl (C=O) groups is 4. The van der Waals surface area contributed by atoms with Gasteiger partial charge in [-0.15, -0.1) is 0 Å². The standard InChI is InChI=1S/C23H18ClNO5/c24-19-8-4-3-7-18(19)20(26)13-30-23(29)14-9-11-15(12-10-14)25-21(27)16-5-1-2-6-17(16)22(25)28/h1-4,7-12,16-17H,5-6,13H2/t16-,17-/m1/s1. The minimum Gasteiger partial charge on any atom is -0.454 e. The molecule has 1 saturated heterocycles. The van der Waals surface area contributed by atoms with E-state index in [1.54, 1.807) is 24.3 Å². The Morgan fingerprint density at radius 2 is 1.53 bits per heavy atom. The summed E-state index contributed by atoms with van der Waals surface area (Å²) in [6, 6.07) is 12.5. The van der Waals surface area contributed by atoms with Crippen molar-refractivity contribution in [3.63, 3.8) is 0 Å². The highest BCUT2D eigenvalue weighted by Crippen LogP contribution is 2.37. The van der Waals surface area contributed by atoms with Gasteiger partial charge in [0.1, 0.15) is 0 Å². The molecular weight excluding hydrogens is 406 g/mol. The number of amides is 2. The molecule has 2 amide bonds. The van der Waals surface area contributed by atoms with E-state index in [-0.39, 0.29) is 34.8 Å². The van der Waals surface area contributed by atoms with Crippen LogP contribution in [0, 0.1) is 11.8 Å². The molecule has 152 valence electrons. The van der Waals surface area contributed by atoms with Gasteiger partial charge in [0, 0.05) is 5.56 Å². The first-order valence-electron chi connectivity index (χ1n) is 9.55. The van der Waals surface area contributed by atoms with Gasteiger partial charge in [0.15, 0.2) is 6.61 Å². The van der Waals surface area contributed by atoms with E-state index < -0.39 is 18.4 Å². The lowest BCUT2D eigenvalue weighted by atomic mass is 9.85. The van der Waals surface area contributed by atoms with E-state index in [0.29, 0.717) is 23.6 Å². The van der Waals surface area contributed by atoms with Crippen molar-refractivity contribution in [1.82, 2.24) is 0 Å². The number of anilines is 1. The molecular formula is C23H18ClNO5. The predicted octanol–water partition coefficient (Wildman–Crippen LogP) is 3.84. The third-order valence-corrected chi connectivity index (χ3v) is 5.71. The largest absolute Gasteiger partial charge is 0.454 e. The zero-order valence-electron chi connectivity index (χ0n) is 15.9. The van der Waals surface area contributed by atoms with Gasteiger partial charge in [-0.1, -0.05) is 35.9 Å². The van der Waals surface area contributed by atoms with Crippen LogP contribution in [0.5, 0.6) is 0 Å². The lowest BCUT2D eigenvalue weighted by Gasteiger charge is -2.15. The zero-order chi connectivity index (χ0) is 21.3. The van der Waals surface area contributed by atoms with Gasteiger partial charge in [0.25, 0.3) is 0 Å². The summed E-state index contributed by atoms with van der Waals surface area (Å²) in [7, 11) is 0. The number of carbonyl (C=O) groups excluding carboxylic acids is 4. The lowest BCUT2D eigenvalue weighted by molar-refractivity contribution is -0.122. The van der Waals surface area contributed by atoms with Crippen LogP contribution < -0.4 is 4.90 Å². The average molecular weight is 424 g/mol. The van der Waals surface area contributed by atoms with Crippen molar-refractivity contribution >= 4 is 40.9 Å². The van der Waals surface area contributed by atoms with Gasteiger partial charge in [0.2, 0.25) is 17.6 Å². The summed E-state index contributed by atoms with van der Waals surface area (Å²) in [5.41, 5.74) is 0.913. The molecule has 6 nitrogen and oxygen atoms in total. The number of rotatable bonds is 5. The molecule has 30 heavy (non-hydrogen) atoms. The summed E-state index contributed by atoms with van der Waals surface area (Å²) in [5.74, 6) is -2.15. The van der Waals surface area contributed by atoms with Gasteiger partial charge >= 0.3 is 5.97 Å². The number of allylic oxidation sites excluding steroid dienone is 2. The van der Waals surface area contributed by atoms with Crippen LogP contribution in [-0.2, 0) is 14.3 Å². The number of nitrogens with zero attached hydrogens (tertiary/aromatic N) is 1. The fraction of sp³-hybridized carbons (Fsp3) is 0.217. The van der Waals surface area contributed by atoms with Gasteiger partial charge in [-0.3, -0.25) is 19.3 Å². The van der Waals surface area contributed by atoms with Gasteiger partial charge in [0.05, 0.1) is 28.1 Å². The summed E-state index contributed by atoms with van der Waals surface area (Å²) < 4.78 is 5.08. The summed E-state index contributed by atoms with van der Waals surface area (Å²) >= 11 is 5.98. The molecule has 7 heteroatoms. The number of hydrogen-bond donors (Lipinski definition) is 0. The molecule has 2 aliphatic rings. The molecule has 1 heterocycles. The highest BCUT2D eigenvalue weighted by molar-refractivity contribution is 6.34. The van der Waals surface area contributed by atoms with Crippen LogP contribution in [0.3, 0.4) is 0 Å². The molecule has 4 rings (SSSR count). The van der Waals surface area contributed by atoms with E-state index in [2.05, 4.69) is 0 Å². The van der Waals surface area contributed by atoms with Crippen LogP contribution in [0.2, 0.25) is 5.02 Å². The second-order valence-corrected chi connectivity index (χ2v) is 7.60. The highest BCUT2D eigenvalue weighted by Gasteiger charge is 2.47. The average Bonchev–Trinajstić information content (AvgIpc) is 3.02. The Bertz CT molecular complexity index is 1030. The minimum absolute atomic E-state index is 0.212. The minimum atomic E-state index is -0.682. The molecule has 0 unspecified atom stereocenters. The van der Waals surface area contributed by atoms with Crippen molar-refractivity contribution in [3.8, 4) is 0 Å². The number of imide groups is 1. The quantitative estimate of drug-likeness (QED) is 0.316. The number of fused-ring (bicyclic) bond motifs is 1. The summed E-state index contributed by atoms with van der Waals surface area (Å²) in [6.07, 6.45) is 4.99. The molecule has 0 bridgehead atoms. The number of benzene rings is 2. The van der Waals surface area contributed by atoms with Crippen LogP contribution >= 0.6 is 11.6 Å². The van der Waals surface area contributed by atoms with Gasteiger partial charge in [-0.2, -0.15) is 0 Å². The molecule has 1 fully saturated rings. The lowest BCUT2D eigenvalue weighted by Crippen LogP contribution is -2.30. The topological polar surface area (TPSA) is 80.8 Å². The maximum atomic E-state index is 12.6. The monoisotopic (exact) mass is 423 g/mol. The van der Waals surface area contributed by atoms with Gasteiger partial charge in [-0.05, 0) is 49.2 Å². The summed E-state index contributed by atoms with van der Waals surface area (Å²) in [5, 5.41) is 0.290. The molecule has 0 radical (unpaired) electrons. The van der Waals surface area contributed by atoms with Gasteiger partial charge < -0.3 is 4.74 Å². The first-order chi connectivity index (χ1) is 14.5. The molecule has 2 aromatic rings. The third kappa shape index (κ3) is 3.66. The predicted molar refractivity (Wildman–Crippen MR) is 110 cm³/mol. The highest BCUT2D eigenvalue weighted by atomic mass is 35.5. The van der Waals surface area contributed by atoms with Crippen molar-refractivity contribution in [1.29, 1.82) is 0 Å². The van der Waals surface area contributed by atoms with Gasteiger partial charge in [-0.25, -0.2) is 4.79 Å². The summed E-state index contributed by atoms with van der Waals surface area (Å²) in [6.45, 7) is -0.441. The fourth-order valence-electron chi connectivity index (χ4n) is 3.78. The number of halogens is 1. The molecule has 0 spiro atoms. The Hall–Kier alpha value is -3.25. The van der Waals surface area contributed by atoms with E-state index in [1.165, 1.54) is 29.2 Å². The Balaban J connectivity index is 1.42. The molecule has 2 aromatic carbocycles. The Kier molecular flexibility index (Phi) is 5.50. The Labute approximate surface area is 178 Å². The normalized spacial score (nSPS) is 20.2. The van der Waals surface area contributed by atoms with Crippen molar-refractivity contribution < 1.29 is 23.9 Å². The van der Waals surface area contributed by atoms with E-state index in [9.17, 15) is 19.2 Å². The molecule has 0 saturated carbocycles. The maximum Gasteiger partial charge on any atom is 0.338 e. The van der Waals surface area contributed by atoms with E-state index >= 15 is 0 Å². The van der Waals surface area contributed by atoms with E-state index in [4.69, 9.17) is 16.3 Å². The van der Waals surface area contributed by atoms with Crippen LogP contribution in [0.4, 0.5) is 5.69 Å². The number of ketones is 1. The van der Waals surface area contributed by atoms with Crippen LogP contribution in [0.1, 0.15) is 33.6 Å². The third-order valence-electron chi connectivity index (χ3n) is 5.38. The second kappa shape index (κ2) is 8.24. The van der Waals surface area contributed by atoms with Crippen LogP contribution in [-0.4, -0.2) is 30.2 Å². The first kappa shape index (κ1) is 20.0. The number of Topliss-reactive ketones (excluding diaryl/α,β-unsaturated/α-hetero) is 1. The Morgan fingerprint density at radius 1 is 0.933 bits per heavy atom. The van der Waals surface area contributed by atoms with E-state index in [1.807, 2.05) is 12.2 Å². The molecule has 0 aromatic heterocycles. The van der Waals surface area contributed by atoms with Crippen LogP contribution in [0.15, 0.2) is 60.7 Å². The van der Waals surface area contributed by atoms with E-state index in [0.717, 1.165) is 0 Å². The Morgan fingerprint density at radius 3 is 2.13 bits per heavy atom. The SMILES string of the molecule is O=C(OCC(=O)c1ccccc1Cl)c1ccc(N2C(=O)[C@@H]3CC=CC[C@H]3C2=O)cc1. The number of hydrogen-bond acceptors (Lipinski definition) is 5. The summed E-state index contributed by atoms with van der Waals surface area (Å²) in [4.78, 5) is 50.9. The first-order valence-corrected chi connectivity index (χ1v) is 9.93. The molecule has 1 aliphatic carbocycles. The van der Waals surface area contributed by atoms with Crippen LogP contribution in [0.25, 0.3) is 0 Å². The van der Waals surface area contributed by atoms with Crippen molar-refractivity contribution in [3.05, 3.63) is 76.8 Å². The van der Waals surface area contributed by atoms with Crippen molar-refractivity contribution in [2.45, 2.75) is 12.8 Å².